The van der Waals surface area contributed by atoms with Crippen LogP contribution in [-0.4, -0.2) is 65.2 Å². The molecule has 26 heavy (non-hydrogen) atoms. The number of pyridine rings is 1. The van der Waals surface area contributed by atoms with Gasteiger partial charge in [0, 0.05) is 44.0 Å². The SMILES string of the molecule is CNC(=O)COCC(=O)N1CCC(c2nc(-c3cccnc3)no2)CC1. The van der Waals surface area contributed by atoms with Gasteiger partial charge in [0.25, 0.3) is 0 Å². The Morgan fingerprint density at radius 1 is 1.35 bits per heavy atom. The summed E-state index contributed by atoms with van der Waals surface area (Å²) in [6.07, 6.45) is 4.87. The molecule has 1 aliphatic heterocycles. The number of likely N-dealkylation sites (N-methyl/N-ethyl adjacent to an activating group) is 1. The smallest absolute Gasteiger partial charge is 0.248 e. The average Bonchev–Trinajstić information content (AvgIpc) is 3.19. The van der Waals surface area contributed by atoms with Gasteiger partial charge in [-0.3, -0.25) is 14.6 Å². The fourth-order valence-corrected chi connectivity index (χ4v) is 2.78. The van der Waals surface area contributed by atoms with Crippen LogP contribution in [0.1, 0.15) is 24.7 Å². The van der Waals surface area contributed by atoms with Gasteiger partial charge in [-0.15, -0.1) is 0 Å². The van der Waals surface area contributed by atoms with Gasteiger partial charge in [0.05, 0.1) is 0 Å². The molecule has 0 aliphatic carbocycles. The second-order valence-electron chi connectivity index (χ2n) is 6.02. The number of rotatable bonds is 6. The quantitative estimate of drug-likeness (QED) is 0.804. The molecule has 0 unspecified atom stereocenters. The Morgan fingerprint density at radius 3 is 2.85 bits per heavy atom. The summed E-state index contributed by atoms with van der Waals surface area (Å²) in [5.41, 5.74) is 0.809. The minimum Gasteiger partial charge on any atom is -0.362 e. The predicted molar refractivity (Wildman–Crippen MR) is 91.0 cm³/mol. The number of carbonyl (C=O) groups excluding carboxylic acids is 2. The standard InChI is InChI=1S/C17H21N5O4/c1-18-14(23)10-25-11-15(24)22-7-4-12(5-8-22)17-20-16(21-26-17)13-3-2-6-19-9-13/h2-3,6,9,12H,4-5,7-8,10-11H2,1H3,(H,18,23). The van der Waals surface area contributed by atoms with Gasteiger partial charge < -0.3 is 19.5 Å². The molecule has 1 saturated heterocycles. The van der Waals surface area contributed by atoms with Crippen molar-refractivity contribution in [1.82, 2.24) is 25.3 Å². The van der Waals surface area contributed by atoms with Crippen LogP contribution in [0.3, 0.4) is 0 Å². The fourth-order valence-electron chi connectivity index (χ4n) is 2.78. The first-order valence-electron chi connectivity index (χ1n) is 8.47. The Balaban J connectivity index is 1.49. The minimum absolute atomic E-state index is 0.0935. The van der Waals surface area contributed by atoms with Crippen molar-refractivity contribution < 1.29 is 18.8 Å². The van der Waals surface area contributed by atoms with Gasteiger partial charge in [-0.25, -0.2) is 0 Å². The highest BCUT2D eigenvalue weighted by molar-refractivity contribution is 5.79. The summed E-state index contributed by atoms with van der Waals surface area (Å²) in [5.74, 6) is 0.871. The van der Waals surface area contributed by atoms with Crippen molar-refractivity contribution in [3.05, 3.63) is 30.4 Å². The van der Waals surface area contributed by atoms with Gasteiger partial charge in [-0.2, -0.15) is 4.98 Å². The van der Waals surface area contributed by atoms with Crippen molar-refractivity contribution >= 4 is 11.8 Å². The first-order valence-corrected chi connectivity index (χ1v) is 8.47. The maximum absolute atomic E-state index is 12.1. The first kappa shape index (κ1) is 18.0. The summed E-state index contributed by atoms with van der Waals surface area (Å²) in [7, 11) is 1.52. The molecule has 0 atom stereocenters. The van der Waals surface area contributed by atoms with Crippen LogP contribution in [0.25, 0.3) is 11.4 Å². The zero-order valence-electron chi connectivity index (χ0n) is 14.6. The molecule has 0 saturated carbocycles. The largest absolute Gasteiger partial charge is 0.362 e. The summed E-state index contributed by atoms with van der Waals surface area (Å²) in [4.78, 5) is 33.4. The molecule has 1 fully saturated rings. The first-order chi connectivity index (χ1) is 12.7. The third kappa shape index (κ3) is 4.42. The van der Waals surface area contributed by atoms with Gasteiger partial charge in [-0.05, 0) is 25.0 Å². The van der Waals surface area contributed by atoms with Gasteiger partial charge in [0.1, 0.15) is 13.2 Å². The monoisotopic (exact) mass is 359 g/mol. The molecule has 1 N–H and O–H groups in total. The molecule has 2 aromatic rings. The number of nitrogens with one attached hydrogen (secondary N) is 1. The maximum Gasteiger partial charge on any atom is 0.248 e. The molecule has 0 aromatic carbocycles. The van der Waals surface area contributed by atoms with E-state index in [0.29, 0.717) is 24.8 Å². The van der Waals surface area contributed by atoms with Crippen LogP contribution < -0.4 is 5.32 Å². The van der Waals surface area contributed by atoms with Crippen molar-refractivity contribution in [2.45, 2.75) is 18.8 Å². The van der Waals surface area contributed by atoms with Gasteiger partial charge in [0.15, 0.2) is 0 Å². The number of aromatic nitrogens is 3. The summed E-state index contributed by atoms with van der Waals surface area (Å²) in [6.45, 7) is 0.983. The highest BCUT2D eigenvalue weighted by atomic mass is 16.5. The molecular weight excluding hydrogens is 338 g/mol. The second kappa shape index (κ2) is 8.52. The van der Waals surface area contributed by atoms with E-state index in [1.54, 1.807) is 17.3 Å². The van der Waals surface area contributed by atoms with Crippen molar-refractivity contribution in [3.8, 4) is 11.4 Å². The van der Waals surface area contributed by atoms with Crippen molar-refractivity contribution in [3.63, 3.8) is 0 Å². The number of likely N-dealkylation sites (tertiary alicyclic amines) is 1. The molecule has 0 radical (unpaired) electrons. The third-order valence-corrected chi connectivity index (χ3v) is 4.30. The summed E-state index contributed by atoms with van der Waals surface area (Å²) < 4.78 is 10.5. The summed E-state index contributed by atoms with van der Waals surface area (Å²) in [5, 5.41) is 6.46. The molecule has 0 spiro atoms. The molecule has 9 nitrogen and oxygen atoms in total. The molecule has 3 heterocycles. The van der Waals surface area contributed by atoms with Gasteiger partial charge >= 0.3 is 0 Å². The topological polar surface area (TPSA) is 110 Å². The maximum atomic E-state index is 12.1. The zero-order valence-corrected chi connectivity index (χ0v) is 14.6. The molecule has 0 bridgehead atoms. The lowest BCUT2D eigenvalue weighted by atomic mass is 9.97. The van der Waals surface area contributed by atoms with E-state index in [2.05, 4.69) is 20.4 Å². The Kier molecular flexibility index (Phi) is 5.90. The second-order valence-corrected chi connectivity index (χ2v) is 6.02. The van der Waals surface area contributed by atoms with E-state index in [9.17, 15) is 9.59 Å². The van der Waals surface area contributed by atoms with E-state index < -0.39 is 0 Å². The minimum atomic E-state index is -0.252. The third-order valence-electron chi connectivity index (χ3n) is 4.30. The Morgan fingerprint density at radius 2 is 2.15 bits per heavy atom. The van der Waals surface area contributed by atoms with E-state index in [-0.39, 0.29) is 30.9 Å². The number of amides is 2. The number of piperidine rings is 1. The van der Waals surface area contributed by atoms with Crippen LogP contribution in [0.2, 0.25) is 0 Å². The number of ether oxygens (including phenoxy) is 1. The van der Waals surface area contributed by atoms with Crippen molar-refractivity contribution in [2.75, 3.05) is 33.4 Å². The van der Waals surface area contributed by atoms with Crippen LogP contribution in [0.15, 0.2) is 29.0 Å². The zero-order chi connectivity index (χ0) is 18.4. The van der Waals surface area contributed by atoms with E-state index in [4.69, 9.17) is 9.26 Å². The van der Waals surface area contributed by atoms with E-state index in [0.717, 1.165) is 18.4 Å². The van der Waals surface area contributed by atoms with Crippen LogP contribution in [0.4, 0.5) is 0 Å². The lowest BCUT2D eigenvalue weighted by molar-refractivity contribution is -0.139. The molecular formula is C17H21N5O4. The molecule has 2 aromatic heterocycles. The number of hydrogen-bond acceptors (Lipinski definition) is 7. The highest BCUT2D eigenvalue weighted by Gasteiger charge is 2.27. The molecule has 2 amide bonds. The van der Waals surface area contributed by atoms with E-state index in [1.165, 1.54) is 7.05 Å². The fraction of sp³-hybridized carbons (Fsp3) is 0.471. The Hall–Kier alpha value is -2.81. The van der Waals surface area contributed by atoms with E-state index >= 15 is 0 Å². The van der Waals surface area contributed by atoms with Crippen LogP contribution in [0, 0.1) is 0 Å². The molecule has 138 valence electrons. The normalized spacial score (nSPS) is 15.0. The van der Waals surface area contributed by atoms with Gasteiger partial charge in [0.2, 0.25) is 23.5 Å². The number of carbonyl (C=O) groups is 2. The highest BCUT2D eigenvalue weighted by Crippen LogP contribution is 2.28. The van der Waals surface area contributed by atoms with Crippen LogP contribution in [-0.2, 0) is 14.3 Å². The summed E-state index contributed by atoms with van der Waals surface area (Å²) >= 11 is 0. The lowest BCUT2D eigenvalue weighted by Crippen LogP contribution is -2.40. The average molecular weight is 359 g/mol. The van der Waals surface area contributed by atoms with Gasteiger partial charge in [-0.1, -0.05) is 5.16 Å². The summed E-state index contributed by atoms with van der Waals surface area (Å²) in [6, 6.07) is 3.70. The Bertz CT molecular complexity index is 741. The predicted octanol–water partition coefficient (Wildman–Crippen LogP) is 0.600. The molecule has 3 rings (SSSR count). The molecule has 1 aliphatic rings. The number of nitrogens with zero attached hydrogens (tertiary/aromatic N) is 4. The lowest BCUT2D eigenvalue weighted by Gasteiger charge is -2.30. The Labute approximate surface area is 150 Å². The van der Waals surface area contributed by atoms with Crippen LogP contribution in [0.5, 0.6) is 0 Å². The molecule has 9 heteroatoms. The van der Waals surface area contributed by atoms with Crippen molar-refractivity contribution in [1.29, 1.82) is 0 Å². The number of hydrogen-bond donors (Lipinski definition) is 1. The van der Waals surface area contributed by atoms with E-state index in [1.807, 2.05) is 12.1 Å². The van der Waals surface area contributed by atoms with Crippen molar-refractivity contribution in [2.24, 2.45) is 0 Å². The van der Waals surface area contributed by atoms with Crippen LogP contribution >= 0.6 is 0 Å².